The Morgan fingerprint density at radius 2 is 2.00 bits per heavy atom. The summed E-state index contributed by atoms with van der Waals surface area (Å²) >= 11 is 3.30. The van der Waals surface area contributed by atoms with Crippen LogP contribution in [-0.2, 0) is 4.74 Å². The van der Waals surface area contributed by atoms with Gasteiger partial charge in [0.1, 0.15) is 11.5 Å². The molecular formula is C15H13BrO5. The van der Waals surface area contributed by atoms with Gasteiger partial charge in [-0.15, -0.1) is 0 Å². The van der Waals surface area contributed by atoms with Crippen molar-refractivity contribution < 1.29 is 23.5 Å². The van der Waals surface area contributed by atoms with Gasteiger partial charge in [0.25, 0.3) is 0 Å². The first kappa shape index (κ1) is 15.3. The van der Waals surface area contributed by atoms with Gasteiger partial charge in [-0.2, -0.15) is 0 Å². The Kier molecular flexibility index (Phi) is 4.80. The van der Waals surface area contributed by atoms with Crippen LogP contribution in [0.2, 0.25) is 0 Å². The number of Topliss-reactive ketones (excluding diaryl/α,β-unsaturated/α-hetero) is 1. The summed E-state index contributed by atoms with van der Waals surface area (Å²) in [5.41, 5.74) is 0.422. The fourth-order valence-corrected chi connectivity index (χ4v) is 2.21. The maximum atomic E-state index is 12.0. The number of aryl methyl sites for hydroxylation is 1. The number of hydrogen-bond donors (Lipinski definition) is 0. The zero-order valence-corrected chi connectivity index (χ0v) is 13.1. The number of ketones is 1. The highest BCUT2D eigenvalue weighted by molar-refractivity contribution is 9.10. The lowest BCUT2D eigenvalue weighted by molar-refractivity contribution is 0.0443. The van der Waals surface area contributed by atoms with Crippen LogP contribution in [0.1, 0.15) is 26.7 Å². The molecule has 2 rings (SSSR count). The first-order valence-electron chi connectivity index (χ1n) is 6.11. The van der Waals surface area contributed by atoms with Gasteiger partial charge in [-0.25, -0.2) is 4.79 Å². The second-order valence-corrected chi connectivity index (χ2v) is 5.11. The number of methoxy groups -OCH3 is 1. The number of benzene rings is 1. The number of ether oxygens (including phenoxy) is 2. The average Bonchev–Trinajstić information content (AvgIpc) is 2.91. The standard InChI is InChI=1S/C15H13BrO5/c1-9-3-5-14(21-9)15(18)20-8-12(17)10-4-6-13(19-2)11(16)7-10/h3-7H,8H2,1-2H3. The maximum absolute atomic E-state index is 12.0. The van der Waals surface area contributed by atoms with Gasteiger partial charge in [0.2, 0.25) is 5.76 Å². The average molecular weight is 353 g/mol. The first-order chi connectivity index (χ1) is 10.0. The van der Waals surface area contributed by atoms with Crippen LogP contribution in [0.5, 0.6) is 5.75 Å². The molecule has 0 amide bonds. The van der Waals surface area contributed by atoms with E-state index in [4.69, 9.17) is 13.9 Å². The van der Waals surface area contributed by atoms with Crippen LogP contribution < -0.4 is 4.74 Å². The summed E-state index contributed by atoms with van der Waals surface area (Å²) in [4.78, 5) is 23.6. The van der Waals surface area contributed by atoms with Crippen molar-refractivity contribution in [3.05, 3.63) is 51.9 Å². The van der Waals surface area contributed by atoms with Gasteiger partial charge in [-0.1, -0.05) is 0 Å². The molecule has 6 heteroatoms. The molecule has 1 aromatic heterocycles. The number of rotatable bonds is 5. The maximum Gasteiger partial charge on any atom is 0.374 e. The first-order valence-corrected chi connectivity index (χ1v) is 6.91. The van der Waals surface area contributed by atoms with Gasteiger partial charge in [0, 0.05) is 5.56 Å². The van der Waals surface area contributed by atoms with Gasteiger partial charge in [-0.3, -0.25) is 4.79 Å². The monoisotopic (exact) mass is 352 g/mol. The number of carbonyl (C=O) groups is 2. The smallest absolute Gasteiger partial charge is 0.374 e. The molecule has 0 saturated carbocycles. The van der Waals surface area contributed by atoms with Gasteiger partial charge in [-0.05, 0) is 53.2 Å². The summed E-state index contributed by atoms with van der Waals surface area (Å²) in [5, 5.41) is 0. The third kappa shape index (κ3) is 3.72. The zero-order chi connectivity index (χ0) is 15.4. The van der Waals surface area contributed by atoms with Crippen LogP contribution in [0.15, 0.2) is 39.2 Å². The summed E-state index contributed by atoms with van der Waals surface area (Å²) in [5.74, 6) is 0.331. The van der Waals surface area contributed by atoms with Crippen molar-refractivity contribution in [2.75, 3.05) is 13.7 Å². The van der Waals surface area contributed by atoms with Crippen molar-refractivity contribution in [2.45, 2.75) is 6.92 Å². The van der Waals surface area contributed by atoms with E-state index < -0.39 is 5.97 Å². The molecule has 0 radical (unpaired) electrons. The van der Waals surface area contributed by atoms with Crippen LogP contribution in [0.3, 0.4) is 0 Å². The van der Waals surface area contributed by atoms with E-state index in [1.165, 1.54) is 13.2 Å². The molecule has 1 aromatic carbocycles. The molecule has 5 nitrogen and oxygen atoms in total. The Morgan fingerprint density at radius 1 is 1.24 bits per heavy atom. The molecule has 0 N–H and O–H groups in total. The minimum atomic E-state index is -0.663. The summed E-state index contributed by atoms with van der Waals surface area (Å²) in [6, 6.07) is 8.04. The van der Waals surface area contributed by atoms with Gasteiger partial charge in [0.05, 0.1) is 11.6 Å². The van der Waals surface area contributed by atoms with E-state index >= 15 is 0 Å². The lowest BCUT2D eigenvalue weighted by Gasteiger charge is -2.06. The summed E-state index contributed by atoms with van der Waals surface area (Å²) in [6.45, 7) is 1.37. The van der Waals surface area contributed by atoms with E-state index in [1.807, 2.05) is 0 Å². The van der Waals surface area contributed by atoms with Crippen molar-refractivity contribution in [3.63, 3.8) is 0 Å². The van der Waals surface area contributed by atoms with E-state index in [2.05, 4.69) is 15.9 Å². The van der Waals surface area contributed by atoms with Crippen molar-refractivity contribution in [1.82, 2.24) is 0 Å². The molecule has 21 heavy (non-hydrogen) atoms. The van der Waals surface area contributed by atoms with E-state index in [0.29, 0.717) is 21.5 Å². The molecule has 2 aromatic rings. The van der Waals surface area contributed by atoms with E-state index in [0.717, 1.165) is 0 Å². The second-order valence-electron chi connectivity index (χ2n) is 4.26. The van der Waals surface area contributed by atoms with E-state index in [1.54, 1.807) is 31.2 Å². The largest absolute Gasteiger partial charge is 0.496 e. The van der Waals surface area contributed by atoms with E-state index in [9.17, 15) is 9.59 Å². The molecule has 110 valence electrons. The second kappa shape index (κ2) is 6.58. The summed E-state index contributed by atoms with van der Waals surface area (Å²) < 4.78 is 15.8. The number of halogens is 1. The summed E-state index contributed by atoms with van der Waals surface area (Å²) in [7, 11) is 1.54. The third-order valence-electron chi connectivity index (χ3n) is 2.75. The van der Waals surface area contributed by atoms with Crippen molar-refractivity contribution in [3.8, 4) is 5.75 Å². The SMILES string of the molecule is COc1ccc(C(=O)COC(=O)c2ccc(C)o2)cc1Br. The lowest BCUT2D eigenvalue weighted by Crippen LogP contribution is -2.14. The normalized spacial score (nSPS) is 10.2. The van der Waals surface area contributed by atoms with Crippen LogP contribution in [0.25, 0.3) is 0 Å². The van der Waals surface area contributed by atoms with E-state index in [-0.39, 0.29) is 18.2 Å². The molecule has 0 aliphatic rings. The molecule has 0 aliphatic heterocycles. The number of hydrogen-bond acceptors (Lipinski definition) is 5. The Balaban J connectivity index is 1.98. The molecule has 0 aliphatic carbocycles. The Labute approximate surface area is 130 Å². The Hall–Kier alpha value is -2.08. The van der Waals surface area contributed by atoms with Gasteiger partial charge >= 0.3 is 5.97 Å². The molecular weight excluding hydrogens is 340 g/mol. The van der Waals surface area contributed by atoms with Crippen molar-refractivity contribution >= 4 is 27.7 Å². The highest BCUT2D eigenvalue weighted by Gasteiger charge is 2.15. The van der Waals surface area contributed by atoms with Crippen LogP contribution >= 0.6 is 15.9 Å². The molecule has 0 fully saturated rings. The number of esters is 1. The van der Waals surface area contributed by atoms with Crippen LogP contribution in [-0.4, -0.2) is 25.5 Å². The quantitative estimate of drug-likeness (QED) is 0.609. The Morgan fingerprint density at radius 3 is 2.57 bits per heavy atom. The zero-order valence-electron chi connectivity index (χ0n) is 11.5. The molecule has 0 spiro atoms. The van der Waals surface area contributed by atoms with Crippen molar-refractivity contribution in [1.29, 1.82) is 0 Å². The third-order valence-corrected chi connectivity index (χ3v) is 3.37. The van der Waals surface area contributed by atoms with Gasteiger partial charge in [0.15, 0.2) is 12.4 Å². The minimum absolute atomic E-state index is 0.0798. The predicted octanol–water partition coefficient (Wildman–Crippen LogP) is 3.40. The van der Waals surface area contributed by atoms with Crippen molar-refractivity contribution in [2.24, 2.45) is 0 Å². The number of carbonyl (C=O) groups excluding carboxylic acids is 2. The predicted molar refractivity (Wildman–Crippen MR) is 78.8 cm³/mol. The highest BCUT2D eigenvalue weighted by atomic mass is 79.9. The summed E-state index contributed by atoms with van der Waals surface area (Å²) in [6.07, 6.45) is 0. The fourth-order valence-electron chi connectivity index (χ4n) is 1.67. The highest BCUT2D eigenvalue weighted by Crippen LogP contribution is 2.25. The minimum Gasteiger partial charge on any atom is -0.496 e. The lowest BCUT2D eigenvalue weighted by atomic mass is 10.1. The topological polar surface area (TPSA) is 65.7 Å². The molecule has 1 heterocycles. The Bertz CT molecular complexity index is 674. The molecule has 0 bridgehead atoms. The van der Waals surface area contributed by atoms with Crippen LogP contribution in [0, 0.1) is 6.92 Å². The molecule has 0 saturated heterocycles. The fraction of sp³-hybridized carbons (Fsp3) is 0.200. The van der Waals surface area contributed by atoms with Crippen LogP contribution in [0.4, 0.5) is 0 Å². The molecule has 0 atom stereocenters. The van der Waals surface area contributed by atoms with Gasteiger partial charge < -0.3 is 13.9 Å². The molecule has 0 unspecified atom stereocenters. The number of furan rings is 1.